The zero-order valence-electron chi connectivity index (χ0n) is 14.0. The number of carbonyl (C=O) groups excluding carboxylic acids is 1. The third-order valence-corrected chi connectivity index (χ3v) is 3.48. The molecule has 7 nitrogen and oxygen atoms in total. The Morgan fingerprint density at radius 2 is 1.65 bits per heavy atom. The fourth-order valence-corrected chi connectivity index (χ4v) is 2.39. The molecule has 26 heavy (non-hydrogen) atoms. The number of amidine groups is 1. The SMILES string of the molecule is COc1cc2ccc(C(=N)N)c(OC(=O)C(F)(F)F)c2c(OC)c1OC. The predicted octanol–water partition coefficient (Wildman–Crippen LogP) is 2.62. The van der Waals surface area contributed by atoms with Crippen LogP contribution >= 0.6 is 0 Å². The maximum atomic E-state index is 12.7. The molecule has 10 heteroatoms. The second kappa shape index (κ2) is 6.98. The first-order chi connectivity index (χ1) is 12.1. The summed E-state index contributed by atoms with van der Waals surface area (Å²) in [6, 6.07) is 4.20. The number of nitrogens with one attached hydrogen (secondary N) is 1. The van der Waals surface area contributed by atoms with E-state index >= 15 is 0 Å². The quantitative estimate of drug-likeness (QED) is 0.362. The standard InChI is InChI=1S/C16H15F3N2O5/c1-23-9-6-7-4-5-8(14(20)21)11(26-15(22)16(17,18)19)10(7)13(25-3)12(9)24-2/h4-6H,1-3H3,(H3,20,21). The number of hydrogen-bond acceptors (Lipinski definition) is 6. The van der Waals surface area contributed by atoms with E-state index in [9.17, 15) is 18.0 Å². The van der Waals surface area contributed by atoms with Crippen LogP contribution in [0.3, 0.4) is 0 Å². The van der Waals surface area contributed by atoms with Crippen LogP contribution in [0.1, 0.15) is 5.56 Å². The van der Waals surface area contributed by atoms with Gasteiger partial charge in [-0.15, -0.1) is 0 Å². The Hall–Kier alpha value is -3.17. The zero-order chi connectivity index (χ0) is 19.6. The van der Waals surface area contributed by atoms with Gasteiger partial charge in [0.15, 0.2) is 17.2 Å². The smallest absolute Gasteiger partial charge is 0.491 e. The molecule has 0 fully saturated rings. The molecule has 0 aromatic heterocycles. The van der Waals surface area contributed by atoms with Crippen molar-refractivity contribution in [3.63, 3.8) is 0 Å². The molecule has 0 heterocycles. The fourth-order valence-electron chi connectivity index (χ4n) is 2.39. The number of nitrogen functional groups attached to an aromatic ring is 1. The lowest BCUT2D eigenvalue weighted by Crippen LogP contribution is -2.29. The number of carbonyl (C=O) groups is 1. The van der Waals surface area contributed by atoms with Gasteiger partial charge in [0.25, 0.3) is 0 Å². The van der Waals surface area contributed by atoms with Gasteiger partial charge in [-0.1, -0.05) is 6.07 Å². The second-order valence-corrected chi connectivity index (χ2v) is 4.99. The number of halogens is 3. The summed E-state index contributed by atoms with van der Waals surface area (Å²) in [5.74, 6) is -3.31. The van der Waals surface area contributed by atoms with E-state index in [0.717, 1.165) is 0 Å². The summed E-state index contributed by atoms with van der Waals surface area (Å²) in [6.07, 6.45) is -5.24. The highest BCUT2D eigenvalue weighted by Gasteiger charge is 2.42. The Balaban J connectivity index is 2.91. The molecule has 0 atom stereocenters. The number of fused-ring (bicyclic) bond motifs is 1. The molecular formula is C16H15F3N2O5. The van der Waals surface area contributed by atoms with Crippen molar-refractivity contribution in [2.75, 3.05) is 21.3 Å². The number of rotatable bonds is 5. The summed E-state index contributed by atoms with van der Waals surface area (Å²) in [7, 11) is 3.94. The Morgan fingerprint density at radius 1 is 1.04 bits per heavy atom. The summed E-state index contributed by atoms with van der Waals surface area (Å²) in [5, 5.41) is 7.87. The molecule has 0 amide bonds. The van der Waals surface area contributed by atoms with Crippen LogP contribution in [-0.4, -0.2) is 39.3 Å². The lowest BCUT2D eigenvalue weighted by molar-refractivity contribution is -0.189. The molecule has 0 radical (unpaired) electrons. The normalized spacial score (nSPS) is 11.2. The first kappa shape index (κ1) is 19.2. The van der Waals surface area contributed by atoms with Crippen LogP contribution in [0.15, 0.2) is 18.2 Å². The lowest BCUT2D eigenvalue weighted by atomic mass is 10.0. The maximum absolute atomic E-state index is 12.7. The summed E-state index contributed by atoms with van der Waals surface area (Å²) in [4.78, 5) is 11.4. The van der Waals surface area contributed by atoms with Crippen LogP contribution in [0.2, 0.25) is 0 Å². The number of methoxy groups -OCH3 is 3. The average Bonchev–Trinajstić information content (AvgIpc) is 2.58. The van der Waals surface area contributed by atoms with Crippen molar-refractivity contribution >= 4 is 22.6 Å². The number of esters is 1. The Morgan fingerprint density at radius 3 is 2.12 bits per heavy atom. The van der Waals surface area contributed by atoms with Crippen LogP contribution in [0.25, 0.3) is 10.8 Å². The molecule has 0 aliphatic carbocycles. The van der Waals surface area contributed by atoms with Gasteiger partial charge in [-0.25, -0.2) is 4.79 Å². The van der Waals surface area contributed by atoms with Crippen molar-refractivity contribution in [3.8, 4) is 23.0 Å². The first-order valence-corrected chi connectivity index (χ1v) is 7.04. The van der Waals surface area contributed by atoms with Gasteiger partial charge in [-0.2, -0.15) is 13.2 Å². The highest BCUT2D eigenvalue weighted by Crippen LogP contribution is 2.48. The van der Waals surface area contributed by atoms with Crippen LogP contribution < -0.4 is 24.7 Å². The van der Waals surface area contributed by atoms with E-state index in [2.05, 4.69) is 4.74 Å². The van der Waals surface area contributed by atoms with Crippen molar-refractivity contribution in [2.24, 2.45) is 5.73 Å². The number of ether oxygens (including phenoxy) is 4. The lowest BCUT2D eigenvalue weighted by Gasteiger charge is -2.19. The molecule has 0 unspecified atom stereocenters. The molecule has 0 spiro atoms. The Kier molecular flexibility index (Phi) is 5.15. The molecule has 0 aliphatic rings. The maximum Gasteiger partial charge on any atom is 0.491 e. The van der Waals surface area contributed by atoms with Gasteiger partial charge in [0.1, 0.15) is 5.84 Å². The molecule has 140 valence electrons. The van der Waals surface area contributed by atoms with E-state index in [1.54, 1.807) is 0 Å². The molecule has 0 bridgehead atoms. The zero-order valence-corrected chi connectivity index (χ0v) is 14.0. The number of benzene rings is 2. The van der Waals surface area contributed by atoms with Crippen molar-refractivity contribution in [2.45, 2.75) is 6.18 Å². The molecule has 0 saturated carbocycles. The van der Waals surface area contributed by atoms with Crippen LogP contribution in [0, 0.1) is 5.41 Å². The third kappa shape index (κ3) is 3.30. The molecule has 0 saturated heterocycles. The van der Waals surface area contributed by atoms with Gasteiger partial charge < -0.3 is 24.7 Å². The van der Waals surface area contributed by atoms with E-state index in [0.29, 0.717) is 5.39 Å². The topological polar surface area (TPSA) is 104 Å². The molecule has 0 aliphatic heterocycles. The van der Waals surface area contributed by atoms with Crippen LogP contribution in [-0.2, 0) is 4.79 Å². The fraction of sp³-hybridized carbons (Fsp3) is 0.250. The average molecular weight is 372 g/mol. The van der Waals surface area contributed by atoms with Crippen molar-refractivity contribution in [1.82, 2.24) is 0 Å². The highest BCUT2D eigenvalue weighted by molar-refractivity contribution is 6.08. The van der Waals surface area contributed by atoms with E-state index in [1.165, 1.54) is 39.5 Å². The minimum atomic E-state index is -5.24. The highest BCUT2D eigenvalue weighted by atomic mass is 19.4. The third-order valence-electron chi connectivity index (χ3n) is 3.48. The molecule has 3 N–H and O–H groups in total. The van der Waals surface area contributed by atoms with E-state index in [4.69, 9.17) is 25.4 Å². The van der Waals surface area contributed by atoms with E-state index < -0.39 is 23.7 Å². The molecule has 2 aromatic carbocycles. The van der Waals surface area contributed by atoms with Crippen molar-refractivity contribution in [1.29, 1.82) is 5.41 Å². The monoisotopic (exact) mass is 372 g/mol. The first-order valence-electron chi connectivity index (χ1n) is 7.04. The molecule has 2 aromatic rings. The minimum Gasteiger partial charge on any atom is -0.493 e. The van der Waals surface area contributed by atoms with Crippen molar-refractivity contribution in [3.05, 3.63) is 23.8 Å². The Bertz CT molecular complexity index is 881. The number of hydrogen-bond donors (Lipinski definition) is 2. The summed E-state index contributed by atoms with van der Waals surface area (Å²) >= 11 is 0. The minimum absolute atomic E-state index is 0.0181. The van der Waals surface area contributed by atoms with Crippen molar-refractivity contribution < 1.29 is 36.9 Å². The van der Waals surface area contributed by atoms with Crippen LogP contribution in [0.4, 0.5) is 13.2 Å². The van der Waals surface area contributed by atoms with E-state index in [1.807, 2.05) is 0 Å². The van der Waals surface area contributed by atoms with E-state index in [-0.39, 0.29) is 28.2 Å². The second-order valence-electron chi connectivity index (χ2n) is 4.99. The summed E-state index contributed by atoms with van der Waals surface area (Å²) in [6.45, 7) is 0. The van der Waals surface area contributed by atoms with Gasteiger partial charge in [0.2, 0.25) is 5.75 Å². The largest absolute Gasteiger partial charge is 0.493 e. The number of nitrogens with two attached hydrogens (primary N) is 1. The van der Waals surface area contributed by atoms with Gasteiger partial charge >= 0.3 is 12.1 Å². The summed E-state index contributed by atoms with van der Waals surface area (Å²) < 4.78 is 58.2. The summed E-state index contributed by atoms with van der Waals surface area (Å²) in [5.41, 5.74) is 5.21. The number of alkyl halides is 3. The predicted molar refractivity (Wildman–Crippen MR) is 86.3 cm³/mol. The molecular weight excluding hydrogens is 357 g/mol. The van der Waals surface area contributed by atoms with Gasteiger partial charge in [-0.3, -0.25) is 5.41 Å². The Labute approximate surface area is 145 Å². The van der Waals surface area contributed by atoms with Gasteiger partial charge in [0, 0.05) is 0 Å². The van der Waals surface area contributed by atoms with Gasteiger partial charge in [-0.05, 0) is 17.5 Å². The van der Waals surface area contributed by atoms with Gasteiger partial charge in [0.05, 0.1) is 32.3 Å². The van der Waals surface area contributed by atoms with Crippen LogP contribution in [0.5, 0.6) is 23.0 Å². The molecule has 2 rings (SSSR count).